The second-order valence-electron chi connectivity index (χ2n) is 7.45. The maximum absolute atomic E-state index is 12.9. The molecule has 1 aliphatic rings. The Morgan fingerprint density at radius 2 is 1.70 bits per heavy atom. The summed E-state index contributed by atoms with van der Waals surface area (Å²) in [5.74, 6) is -1.22. The molecule has 0 aromatic heterocycles. The first-order valence-corrected chi connectivity index (χ1v) is 11.8. The predicted octanol–water partition coefficient (Wildman–Crippen LogP) is 2.58. The Bertz CT molecular complexity index is 1130. The lowest BCUT2D eigenvalue weighted by molar-refractivity contribution is -0.137. The summed E-state index contributed by atoms with van der Waals surface area (Å²) in [6.45, 7) is 0.688. The molecule has 1 saturated heterocycles. The summed E-state index contributed by atoms with van der Waals surface area (Å²) in [4.78, 5) is 27.9. The molecule has 0 spiro atoms. The van der Waals surface area contributed by atoms with Crippen LogP contribution in [0.5, 0.6) is 0 Å². The molecule has 178 valence electrons. The zero-order valence-electron chi connectivity index (χ0n) is 17.6. The van der Waals surface area contributed by atoms with Crippen LogP contribution in [-0.4, -0.2) is 64.2 Å². The van der Waals surface area contributed by atoms with Gasteiger partial charge in [-0.3, -0.25) is 9.52 Å². The van der Waals surface area contributed by atoms with Gasteiger partial charge in [0.15, 0.2) is 6.61 Å². The number of nitrogens with one attached hydrogen (secondary N) is 1. The van der Waals surface area contributed by atoms with Crippen molar-refractivity contribution in [1.29, 1.82) is 0 Å². The fourth-order valence-corrected chi connectivity index (χ4v) is 3.87. The van der Waals surface area contributed by atoms with Crippen LogP contribution in [0.25, 0.3) is 0 Å². The minimum absolute atomic E-state index is 0.0748. The molecular weight excluding hydrogens is 463 g/mol. The van der Waals surface area contributed by atoms with Crippen molar-refractivity contribution in [3.63, 3.8) is 0 Å². The lowest BCUT2D eigenvalue weighted by Crippen LogP contribution is -2.50. The van der Waals surface area contributed by atoms with E-state index in [0.29, 0.717) is 18.8 Å². The second kappa shape index (κ2) is 9.69. The van der Waals surface area contributed by atoms with Crippen molar-refractivity contribution in [2.24, 2.45) is 0 Å². The summed E-state index contributed by atoms with van der Waals surface area (Å²) >= 11 is 0. The van der Waals surface area contributed by atoms with Gasteiger partial charge in [-0.1, -0.05) is 12.1 Å². The van der Waals surface area contributed by atoms with Crippen molar-refractivity contribution in [3.8, 4) is 0 Å². The number of benzene rings is 2. The Morgan fingerprint density at radius 1 is 1.03 bits per heavy atom. The van der Waals surface area contributed by atoms with Crippen molar-refractivity contribution in [2.45, 2.75) is 6.18 Å². The molecule has 1 fully saturated rings. The Labute approximate surface area is 189 Å². The highest BCUT2D eigenvalue weighted by Gasteiger charge is 2.31. The van der Waals surface area contributed by atoms with E-state index in [1.54, 1.807) is 11.0 Å². The van der Waals surface area contributed by atoms with Crippen LogP contribution < -0.4 is 9.62 Å². The van der Waals surface area contributed by atoms with E-state index in [9.17, 15) is 31.2 Å². The number of ether oxygens (including phenoxy) is 1. The van der Waals surface area contributed by atoms with Crippen LogP contribution >= 0.6 is 0 Å². The first-order chi connectivity index (χ1) is 15.4. The quantitative estimate of drug-likeness (QED) is 0.632. The third kappa shape index (κ3) is 6.85. The van der Waals surface area contributed by atoms with E-state index in [2.05, 4.69) is 4.72 Å². The highest BCUT2D eigenvalue weighted by atomic mass is 32.2. The number of rotatable bonds is 6. The minimum atomic E-state index is -4.43. The fraction of sp³-hybridized carbons (Fsp3) is 0.333. The molecule has 1 aliphatic heterocycles. The number of alkyl halides is 3. The number of halogens is 3. The van der Waals surface area contributed by atoms with Crippen LogP contribution in [0.2, 0.25) is 0 Å². The largest absolute Gasteiger partial charge is 0.452 e. The zero-order chi connectivity index (χ0) is 24.2. The highest BCUT2D eigenvalue weighted by Crippen LogP contribution is 2.31. The molecule has 3 rings (SSSR count). The standard InChI is InChI=1S/C21H22F3N3O5S/c1-33(30,31)25-17-6-2-4-15(12-17)20(29)32-14-19(28)27-10-8-26(9-11-27)18-7-3-5-16(13-18)21(22,23)24/h2-7,12-13,25H,8-11,14H2,1H3. The summed E-state index contributed by atoms with van der Waals surface area (Å²) in [5.41, 5.74) is -0.0537. The normalized spacial score (nSPS) is 14.7. The van der Waals surface area contributed by atoms with Crippen molar-refractivity contribution in [2.75, 3.05) is 48.7 Å². The van der Waals surface area contributed by atoms with E-state index in [-0.39, 0.29) is 24.3 Å². The molecule has 0 saturated carbocycles. The molecule has 8 nitrogen and oxygen atoms in total. The molecule has 0 bridgehead atoms. The Kier molecular flexibility index (Phi) is 7.15. The van der Waals surface area contributed by atoms with Gasteiger partial charge in [0.25, 0.3) is 5.91 Å². The third-order valence-corrected chi connectivity index (χ3v) is 5.51. The van der Waals surface area contributed by atoms with E-state index in [1.807, 2.05) is 0 Å². The first kappa shape index (κ1) is 24.4. The summed E-state index contributed by atoms with van der Waals surface area (Å²) in [5, 5.41) is 0. The molecule has 2 aromatic rings. The van der Waals surface area contributed by atoms with E-state index >= 15 is 0 Å². The molecule has 33 heavy (non-hydrogen) atoms. The van der Waals surface area contributed by atoms with Crippen LogP contribution in [-0.2, 0) is 25.7 Å². The van der Waals surface area contributed by atoms with Crippen LogP contribution in [0.3, 0.4) is 0 Å². The number of carbonyl (C=O) groups excluding carboxylic acids is 2. The van der Waals surface area contributed by atoms with Crippen molar-refractivity contribution in [1.82, 2.24) is 4.90 Å². The number of nitrogens with zero attached hydrogens (tertiary/aromatic N) is 2. The molecule has 1 N–H and O–H groups in total. The van der Waals surface area contributed by atoms with Gasteiger partial charge in [0.2, 0.25) is 10.0 Å². The Balaban J connectivity index is 1.52. The molecule has 0 unspecified atom stereocenters. The van der Waals surface area contributed by atoms with Crippen LogP contribution in [0, 0.1) is 0 Å². The van der Waals surface area contributed by atoms with Gasteiger partial charge >= 0.3 is 12.1 Å². The number of hydrogen-bond donors (Lipinski definition) is 1. The lowest BCUT2D eigenvalue weighted by atomic mass is 10.1. The third-order valence-electron chi connectivity index (χ3n) is 4.90. The van der Waals surface area contributed by atoms with Gasteiger partial charge in [0.1, 0.15) is 0 Å². The molecular formula is C21H22F3N3O5S. The molecule has 1 heterocycles. The van der Waals surface area contributed by atoms with E-state index in [1.165, 1.54) is 35.2 Å². The summed E-state index contributed by atoms with van der Waals surface area (Å²) < 4.78 is 68.7. The van der Waals surface area contributed by atoms with Crippen molar-refractivity contribution in [3.05, 3.63) is 59.7 Å². The molecule has 0 aliphatic carbocycles. The van der Waals surface area contributed by atoms with E-state index < -0.39 is 40.2 Å². The van der Waals surface area contributed by atoms with Gasteiger partial charge in [-0.15, -0.1) is 0 Å². The number of amides is 1. The Morgan fingerprint density at radius 3 is 2.33 bits per heavy atom. The van der Waals surface area contributed by atoms with Crippen LogP contribution in [0.1, 0.15) is 15.9 Å². The maximum atomic E-state index is 12.9. The maximum Gasteiger partial charge on any atom is 0.416 e. The average Bonchev–Trinajstić information content (AvgIpc) is 2.76. The number of sulfonamides is 1. The zero-order valence-corrected chi connectivity index (χ0v) is 18.4. The number of hydrogen-bond acceptors (Lipinski definition) is 6. The molecule has 2 aromatic carbocycles. The number of anilines is 2. The number of esters is 1. The molecule has 12 heteroatoms. The van der Waals surface area contributed by atoms with Gasteiger partial charge in [0.05, 0.1) is 17.4 Å². The summed E-state index contributed by atoms with van der Waals surface area (Å²) in [6.07, 6.45) is -3.46. The molecule has 0 atom stereocenters. The SMILES string of the molecule is CS(=O)(=O)Nc1cccc(C(=O)OCC(=O)N2CCN(c3cccc(C(F)(F)F)c3)CC2)c1. The minimum Gasteiger partial charge on any atom is -0.452 e. The second-order valence-corrected chi connectivity index (χ2v) is 9.20. The van der Waals surface area contributed by atoms with E-state index in [0.717, 1.165) is 18.4 Å². The molecule has 1 amide bonds. The van der Waals surface area contributed by atoms with Gasteiger partial charge in [0, 0.05) is 37.6 Å². The summed E-state index contributed by atoms with van der Waals surface area (Å²) in [7, 11) is -3.52. The first-order valence-electron chi connectivity index (χ1n) is 9.87. The van der Waals surface area contributed by atoms with Gasteiger partial charge < -0.3 is 14.5 Å². The van der Waals surface area contributed by atoms with Crippen LogP contribution in [0.4, 0.5) is 24.5 Å². The topological polar surface area (TPSA) is 96.0 Å². The van der Waals surface area contributed by atoms with Crippen molar-refractivity contribution < 1.29 is 35.9 Å². The molecule has 0 radical (unpaired) electrons. The number of piperazine rings is 1. The average molecular weight is 485 g/mol. The lowest BCUT2D eigenvalue weighted by Gasteiger charge is -2.36. The van der Waals surface area contributed by atoms with Gasteiger partial charge in [-0.2, -0.15) is 13.2 Å². The van der Waals surface area contributed by atoms with Gasteiger partial charge in [-0.05, 0) is 36.4 Å². The fourth-order valence-electron chi connectivity index (χ4n) is 3.32. The predicted molar refractivity (Wildman–Crippen MR) is 115 cm³/mol. The Hall–Kier alpha value is -3.28. The van der Waals surface area contributed by atoms with E-state index in [4.69, 9.17) is 4.74 Å². The monoisotopic (exact) mass is 485 g/mol. The van der Waals surface area contributed by atoms with Crippen molar-refractivity contribution >= 4 is 33.3 Å². The highest BCUT2D eigenvalue weighted by molar-refractivity contribution is 7.92. The summed E-state index contributed by atoms with van der Waals surface area (Å²) in [6, 6.07) is 10.7. The smallest absolute Gasteiger partial charge is 0.416 e. The van der Waals surface area contributed by atoms with Crippen LogP contribution in [0.15, 0.2) is 48.5 Å². The van der Waals surface area contributed by atoms with Gasteiger partial charge in [-0.25, -0.2) is 13.2 Å². The number of carbonyl (C=O) groups is 2.